The minimum absolute atomic E-state index is 0.0225. The number of unbranched alkanes of at least 4 members (excludes halogenated alkanes) is 9. The van der Waals surface area contributed by atoms with Gasteiger partial charge in [-0.3, -0.25) is 14.4 Å². The number of carboxylic acids is 1. The molecular formula is C24H45NO7. The fourth-order valence-electron chi connectivity index (χ4n) is 3.52. The fraction of sp³-hybridized carbons (Fsp3) is 0.875. The average Bonchev–Trinajstić information content (AvgIpc) is 2.77. The molecule has 0 amide bonds. The lowest BCUT2D eigenvalue weighted by molar-refractivity contribution is -0.156. The van der Waals surface area contributed by atoms with E-state index in [1.54, 1.807) is 0 Å². The highest BCUT2D eigenvalue weighted by atomic mass is 16.6. The van der Waals surface area contributed by atoms with Crippen LogP contribution >= 0.6 is 0 Å². The van der Waals surface area contributed by atoms with Crippen molar-refractivity contribution >= 4 is 17.9 Å². The van der Waals surface area contributed by atoms with Crippen molar-refractivity contribution in [2.75, 3.05) is 7.11 Å². The summed E-state index contributed by atoms with van der Waals surface area (Å²) in [6, 6.07) is -1.08. The van der Waals surface area contributed by atoms with Gasteiger partial charge in [0.15, 0.2) is 0 Å². The maximum absolute atomic E-state index is 12.1. The van der Waals surface area contributed by atoms with Crippen LogP contribution in [0, 0.1) is 0 Å². The molecular weight excluding hydrogens is 414 g/mol. The third-order valence-electron chi connectivity index (χ3n) is 5.64. The maximum atomic E-state index is 12.1. The lowest BCUT2D eigenvalue weighted by Crippen LogP contribution is -2.33. The molecule has 4 N–H and O–H groups in total. The lowest BCUT2D eigenvalue weighted by atomic mass is 9.99. The molecule has 0 fully saturated rings. The molecule has 188 valence electrons. The number of methoxy groups -OCH3 is 1. The van der Waals surface area contributed by atoms with Gasteiger partial charge in [0, 0.05) is 12.8 Å². The zero-order valence-electron chi connectivity index (χ0n) is 20.1. The summed E-state index contributed by atoms with van der Waals surface area (Å²) in [5.41, 5.74) is 5.44. The summed E-state index contributed by atoms with van der Waals surface area (Å²) in [4.78, 5) is 33.9. The summed E-state index contributed by atoms with van der Waals surface area (Å²) >= 11 is 0. The Morgan fingerprint density at radius 1 is 0.781 bits per heavy atom. The topological polar surface area (TPSA) is 136 Å². The monoisotopic (exact) mass is 459 g/mol. The van der Waals surface area contributed by atoms with Crippen LogP contribution in [0.25, 0.3) is 0 Å². The van der Waals surface area contributed by atoms with E-state index in [0.29, 0.717) is 19.3 Å². The van der Waals surface area contributed by atoms with Crippen LogP contribution in [0.5, 0.6) is 0 Å². The van der Waals surface area contributed by atoms with Crippen molar-refractivity contribution in [2.24, 2.45) is 5.73 Å². The van der Waals surface area contributed by atoms with Crippen molar-refractivity contribution in [1.82, 2.24) is 0 Å². The van der Waals surface area contributed by atoms with Gasteiger partial charge in [-0.15, -0.1) is 0 Å². The first-order chi connectivity index (χ1) is 15.3. The number of carbonyl (C=O) groups is 3. The summed E-state index contributed by atoms with van der Waals surface area (Å²) < 4.78 is 10.1. The number of ether oxygens (including phenoxy) is 2. The minimum atomic E-state index is -1.14. The van der Waals surface area contributed by atoms with Crippen molar-refractivity contribution in [3.63, 3.8) is 0 Å². The Morgan fingerprint density at radius 3 is 1.91 bits per heavy atom. The fourth-order valence-corrected chi connectivity index (χ4v) is 3.52. The quantitative estimate of drug-likeness (QED) is 0.172. The first-order valence-corrected chi connectivity index (χ1v) is 12.2. The Labute approximate surface area is 193 Å². The highest BCUT2D eigenvalue weighted by Gasteiger charge is 2.23. The molecule has 3 atom stereocenters. The molecule has 0 rings (SSSR count). The van der Waals surface area contributed by atoms with Crippen LogP contribution in [0.1, 0.15) is 110 Å². The molecule has 0 aliphatic carbocycles. The number of carbonyl (C=O) groups excluding carboxylic acids is 2. The molecule has 0 saturated heterocycles. The number of esters is 2. The van der Waals surface area contributed by atoms with E-state index in [-0.39, 0.29) is 18.8 Å². The van der Waals surface area contributed by atoms with E-state index < -0.39 is 30.2 Å². The summed E-state index contributed by atoms with van der Waals surface area (Å²) in [6.45, 7) is 2.09. The number of aliphatic hydroxyl groups excluding tert-OH is 1. The highest BCUT2D eigenvalue weighted by Crippen LogP contribution is 2.18. The second-order valence-corrected chi connectivity index (χ2v) is 8.52. The summed E-state index contributed by atoms with van der Waals surface area (Å²) in [5, 5.41) is 19.4. The van der Waals surface area contributed by atoms with Crippen molar-refractivity contribution in [1.29, 1.82) is 0 Å². The number of nitrogens with two attached hydrogens (primary N) is 1. The molecule has 0 radical (unpaired) electrons. The zero-order chi connectivity index (χ0) is 24.2. The van der Waals surface area contributed by atoms with Crippen LogP contribution in [-0.2, 0) is 23.9 Å². The molecule has 8 nitrogen and oxygen atoms in total. The average molecular weight is 460 g/mol. The van der Waals surface area contributed by atoms with Gasteiger partial charge < -0.3 is 25.4 Å². The number of rotatable bonds is 21. The number of hydrogen-bond donors (Lipinski definition) is 3. The van der Waals surface area contributed by atoms with Gasteiger partial charge >= 0.3 is 17.9 Å². The van der Waals surface area contributed by atoms with Crippen LogP contribution in [0.15, 0.2) is 0 Å². The second-order valence-electron chi connectivity index (χ2n) is 8.52. The molecule has 0 aromatic rings. The van der Waals surface area contributed by atoms with E-state index in [1.807, 2.05) is 0 Å². The number of aliphatic hydroxyl groups is 1. The van der Waals surface area contributed by atoms with Gasteiger partial charge in [0.2, 0.25) is 0 Å². The standard InChI is InChI=1S/C24H45NO7/c1-3-4-11-15-21(32-23(28)18-17-19(25)24(29)30)20(26)14-12-9-7-5-6-8-10-13-16-22(27)31-2/h19-21,26H,3-18,25H2,1-2H3,(H,29,30)/t19-,20?,21?/m1/s1. The van der Waals surface area contributed by atoms with E-state index in [4.69, 9.17) is 15.6 Å². The normalized spacial score (nSPS) is 13.9. The summed E-state index contributed by atoms with van der Waals surface area (Å²) in [6.07, 6.45) is 11.6. The van der Waals surface area contributed by atoms with Crippen molar-refractivity contribution in [3.8, 4) is 0 Å². The molecule has 8 heteroatoms. The Kier molecular flexibility index (Phi) is 18.9. The predicted molar refractivity (Wildman–Crippen MR) is 123 cm³/mol. The molecule has 2 unspecified atom stereocenters. The van der Waals surface area contributed by atoms with E-state index in [1.165, 1.54) is 7.11 Å². The summed E-state index contributed by atoms with van der Waals surface area (Å²) in [7, 11) is 1.41. The van der Waals surface area contributed by atoms with Crippen LogP contribution in [-0.4, -0.2) is 53.5 Å². The van der Waals surface area contributed by atoms with E-state index in [2.05, 4.69) is 11.7 Å². The van der Waals surface area contributed by atoms with Gasteiger partial charge in [-0.05, 0) is 32.1 Å². The molecule has 0 saturated carbocycles. The Hall–Kier alpha value is -1.67. The van der Waals surface area contributed by atoms with Crippen molar-refractivity contribution < 1.29 is 34.1 Å². The van der Waals surface area contributed by atoms with Gasteiger partial charge in [0.25, 0.3) is 0 Å². The predicted octanol–water partition coefficient (Wildman–Crippen LogP) is 4.11. The Morgan fingerprint density at radius 2 is 1.34 bits per heavy atom. The van der Waals surface area contributed by atoms with E-state index >= 15 is 0 Å². The Balaban J connectivity index is 4.08. The third-order valence-corrected chi connectivity index (χ3v) is 5.64. The zero-order valence-corrected chi connectivity index (χ0v) is 20.1. The van der Waals surface area contributed by atoms with Crippen LogP contribution in [0.2, 0.25) is 0 Å². The molecule has 0 bridgehead atoms. The van der Waals surface area contributed by atoms with Gasteiger partial charge in [0.05, 0.1) is 13.2 Å². The molecule has 32 heavy (non-hydrogen) atoms. The molecule has 0 aromatic heterocycles. The number of aliphatic carboxylic acids is 1. The minimum Gasteiger partial charge on any atom is -0.480 e. The maximum Gasteiger partial charge on any atom is 0.320 e. The Bertz CT molecular complexity index is 513. The first kappa shape index (κ1) is 30.3. The smallest absolute Gasteiger partial charge is 0.320 e. The van der Waals surface area contributed by atoms with Gasteiger partial charge in [-0.25, -0.2) is 0 Å². The summed E-state index contributed by atoms with van der Waals surface area (Å²) in [5.74, 6) is -1.79. The van der Waals surface area contributed by atoms with E-state index in [0.717, 1.165) is 70.6 Å². The van der Waals surface area contributed by atoms with Crippen LogP contribution < -0.4 is 5.73 Å². The SMILES string of the molecule is CCCCCC(OC(=O)CC[C@@H](N)C(=O)O)C(O)CCCCCCCCCCC(=O)OC. The molecule has 0 aliphatic heterocycles. The van der Waals surface area contributed by atoms with Crippen molar-refractivity contribution in [3.05, 3.63) is 0 Å². The molecule has 0 spiro atoms. The van der Waals surface area contributed by atoms with Crippen LogP contribution in [0.4, 0.5) is 0 Å². The molecule has 0 aliphatic rings. The van der Waals surface area contributed by atoms with Crippen molar-refractivity contribution in [2.45, 2.75) is 128 Å². The van der Waals surface area contributed by atoms with E-state index in [9.17, 15) is 19.5 Å². The lowest BCUT2D eigenvalue weighted by Gasteiger charge is -2.23. The van der Waals surface area contributed by atoms with Gasteiger partial charge in [-0.1, -0.05) is 64.7 Å². The number of hydrogen-bond acceptors (Lipinski definition) is 7. The number of carboxylic acid groups (broad SMARTS) is 1. The van der Waals surface area contributed by atoms with Gasteiger partial charge in [-0.2, -0.15) is 0 Å². The van der Waals surface area contributed by atoms with Crippen LogP contribution in [0.3, 0.4) is 0 Å². The largest absolute Gasteiger partial charge is 0.480 e. The molecule has 0 aromatic carbocycles. The third kappa shape index (κ3) is 17.0. The molecule has 0 heterocycles. The second kappa shape index (κ2) is 20.0. The first-order valence-electron chi connectivity index (χ1n) is 12.2. The highest BCUT2D eigenvalue weighted by molar-refractivity contribution is 5.75. The van der Waals surface area contributed by atoms with Gasteiger partial charge in [0.1, 0.15) is 12.1 Å².